The monoisotopic (exact) mass is 623 g/mol. The molecule has 15 heteroatoms. The highest BCUT2D eigenvalue weighted by Gasteiger charge is 2.35. The second kappa shape index (κ2) is 12.0. The average Bonchev–Trinajstić information content (AvgIpc) is 3.17. The van der Waals surface area contributed by atoms with E-state index in [1.165, 1.54) is 11.8 Å². The van der Waals surface area contributed by atoms with E-state index in [1.807, 2.05) is 11.8 Å². The number of anilines is 2. The third kappa shape index (κ3) is 6.09. The van der Waals surface area contributed by atoms with Gasteiger partial charge in [0.1, 0.15) is 5.69 Å². The van der Waals surface area contributed by atoms with Crippen molar-refractivity contribution in [1.29, 1.82) is 0 Å². The maximum absolute atomic E-state index is 12.7. The zero-order chi connectivity index (χ0) is 29.8. The van der Waals surface area contributed by atoms with E-state index in [0.29, 0.717) is 29.9 Å². The molecule has 3 aromatic carbocycles. The number of halogens is 1. The lowest BCUT2D eigenvalue weighted by Gasteiger charge is -2.26. The number of fused-ring (bicyclic) bond motifs is 1. The van der Waals surface area contributed by atoms with Crippen molar-refractivity contribution in [3.8, 4) is 0 Å². The van der Waals surface area contributed by atoms with Crippen molar-refractivity contribution in [2.75, 3.05) is 29.9 Å². The highest BCUT2D eigenvalue weighted by atomic mass is 79.9. The van der Waals surface area contributed by atoms with E-state index < -0.39 is 27.1 Å². The van der Waals surface area contributed by atoms with E-state index >= 15 is 0 Å². The highest BCUT2D eigenvalue weighted by Crippen LogP contribution is 2.41. The Labute approximate surface area is 241 Å². The number of nitro benzene ring substituents is 2. The molecular formula is C26H22BrN7O7. The molecule has 1 heterocycles. The zero-order valence-electron chi connectivity index (χ0n) is 21.7. The van der Waals surface area contributed by atoms with Gasteiger partial charge in [-0.25, -0.2) is 0 Å². The van der Waals surface area contributed by atoms with Crippen molar-refractivity contribution >= 4 is 67.8 Å². The van der Waals surface area contributed by atoms with Crippen LogP contribution in [0.1, 0.15) is 34.6 Å². The first kappa shape index (κ1) is 28.9. The summed E-state index contributed by atoms with van der Waals surface area (Å²) in [6.07, 6.45) is 0. The fourth-order valence-electron chi connectivity index (χ4n) is 4.25. The SMILES string of the molecule is CCN(CCN1C(=O)c2ccccc2C1=O)c1ccc(/N=N/c2c(Br)cc([N+](=O)[O-])cc2[N+](=O)[O-])c(NC(C)=O)c1. The maximum Gasteiger partial charge on any atom is 0.304 e. The second-order valence-electron chi connectivity index (χ2n) is 8.78. The molecule has 0 aliphatic carbocycles. The maximum atomic E-state index is 12.7. The topological polar surface area (TPSA) is 181 Å². The van der Waals surface area contributed by atoms with E-state index in [1.54, 1.807) is 42.5 Å². The molecule has 1 N–H and O–H groups in total. The van der Waals surface area contributed by atoms with Crippen molar-refractivity contribution in [3.05, 3.63) is 90.4 Å². The summed E-state index contributed by atoms with van der Waals surface area (Å²) < 4.78 is -0.00911. The van der Waals surface area contributed by atoms with E-state index in [9.17, 15) is 34.6 Å². The number of likely N-dealkylation sites (N-methyl/N-ethyl adjacent to an activating group) is 1. The quantitative estimate of drug-likeness (QED) is 0.128. The summed E-state index contributed by atoms with van der Waals surface area (Å²) in [5, 5.41) is 33.3. The number of nitro groups is 2. The van der Waals surface area contributed by atoms with Crippen molar-refractivity contribution in [2.45, 2.75) is 13.8 Å². The van der Waals surface area contributed by atoms with Crippen LogP contribution in [0, 0.1) is 20.2 Å². The molecular weight excluding hydrogens is 602 g/mol. The predicted octanol–water partition coefficient (Wildman–Crippen LogP) is 5.76. The molecule has 0 fully saturated rings. The van der Waals surface area contributed by atoms with Gasteiger partial charge in [0.25, 0.3) is 17.5 Å². The highest BCUT2D eigenvalue weighted by molar-refractivity contribution is 9.10. The molecule has 0 unspecified atom stereocenters. The first-order chi connectivity index (χ1) is 19.5. The van der Waals surface area contributed by atoms with Crippen LogP contribution in [0.2, 0.25) is 0 Å². The van der Waals surface area contributed by atoms with Gasteiger partial charge in [-0.1, -0.05) is 12.1 Å². The minimum Gasteiger partial charge on any atom is -0.370 e. The van der Waals surface area contributed by atoms with Gasteiger partial charge in [0.2, 0.25) is 5.91 Å². The second-order valence-corrected chi connectivity index (χ2v) is 9.63. The Morgan fingerprint density at radius 2 is 1.66 bits per heavy atom. The Bertz CT molecular complexity index is 1590. The molecule has 210 valence electrons. The average molecular weight is 624 g/mol. The number of rotatable bonds is 10. The third-order valence-corrected chi connectivity index (χ3v) is 6.81. The van der Waals surface area contributed by atoms with Gasteiger partial charge < -0.3 is 10.2 Å². The summed E-state index contributed by atoms with van der Waals surface area (Å²) in [7, 11) is 0. The first-order valence-electron chi connectivity index (χ1n) is 12.2. The van der Waals surface area contributed by atoms with Gasteiger partial charge in [-0.05, 0) is 53.2 Å². The molecule has 1 aliphatic rings. The van der Waals surface area contributed by atoms with Gasteiger partial charge in [0.05, 0.1) is 37.2 Å². The molecule has 41 heavy (non-hydrogen) atoms. The molecule has 0 aromatic heterocycles. The number of nitrogens with one attached hydrogen (secondary N) is 1. The minimum atomic E-state index is -0.808. The van der Waals surface area contributed by atoms with Gasteiger partial charge in [-0.15, -0.1) is 10.2 Å². The molecule has 0 radical (unpaired) electrons. The lowest BCUT2D eigenvalue weighted by atomic mass is 10.1. The molecule has 0 saturated heterocycles. The summed E-state index contributed by atoms with van der Waals surface area (Å²) in [6, 6.07) is 13.3. The van der Waals surface area contributed by atoms with Crippen LogP contribution in [-0.4, -0.2) is 52.1 Å². The first-order valence-corrected chi connectivity index (χ1v) is 13.0. The Hall–Kier alpha value is -5.05. The van der Waals surface area contributed by atoms with E-state index in [-0.39, 0.29) is 39.9 Å². The molecule has 0 bridgehead atoms. The number of hydrogen-bond acceptors (Lipinski definition) is 10. The van der Waals surface area contributed by atoms with Gasteiger partial charge >= 0.3 is 5.69 Å². The van der Waals surface area contributed by atoms with Crippen molar-refractivity contribution in [1.82, 2.24) is 4.90 Å². The van der Waals surface area contributed by atoms with Crippen LogP contribution in [-0.2, 0) is 4.79 Å². The number of non-ortho nitro benzene ring substituents is 1. The van der Waals surface area contributed by atoms with Crippen LogP contribution in [0.5, 0.6) is 0 Å². The summed E-state index contributed by atoms with van der Waals surface area (Å²) in [5.41, 5.74) is 0.429. The Balaban J connectivity index is 1.60. The Kier molecular flexibility index (Phi) is 8.47. The summed E-state index contributed by atoms with van der Waals surface area (Å²) >= 11 is 3.08. The predicted molar refractivity (Wildman–Crippen MR) is 152 cm³/mol. The minimum absolute atomic E-state index is 0.00911. The molecule has 3 aromatic rings. The number of amides is 3. The molecule has 4 rings (SSSR count). The number of hydrogen-bond donors (Lipinski definition) is 1. The van der Waals surface area contributed by atoms with Gasteiger partial charge in [-0.3, -0.25) is 39.5 Å². The standard InChI is InChI=1S/C26H22BrN7O7/c1-3-31(10-11-32-25(36)18-6-4-5-7-19(18)26(32)37)16-8-9-21(22(13-16)28-15(2)35)29-30-24-20(27)12-17(33(38)39)14-23(24)34(40)41/h4-9,12-14H,3,10-11H2,1-2H3,(H,28,35)/b30-29+. The number of azo groups is 1. The lowest BCUT2D eigenvalue weighted by Crippen LogP contribution is -2.38. The number of carbonyl (C=O) groups excluding carboxylic acids is 3. The smallest absolute Gasteiger partial charge is 0.304 e. The van der Waals surface area contributed by atoms with Crippen LogP contribution >= 0.6 is 15.9 Å². The summed E-state index contributed by atoms with van der Waals surface area (Å²) in [6.45, 7) is 4.13. The molecule has 0 saturated carbocycles. The van der Waals surface area contributed by atoms with E-state index in [0.717, 1.165) is 12.1 Å². The Morgan fingerprint density at radius 3 is 2.22 bits per heavy atom. The summed E-state index contributed by atoms with van der Waals surface area (Å²) in [4.78, 5) is 61.6. The van der Waals surface area contributed by atoms with E-state index in [2.05, 4.69) is 31.5 Å². The molecule has 1 aliphatic heterocycles. The largest absolute Gasteiger partial charge is 0.370 e. The van der Waals surface area contributed by atoms with Crippen LogP contribution in [0.15, 0.2) is 69.3 Å². The number of carbonyl (C=O) groups is 3. The van der Waals surface area contributed by atoms with Crippen molar-refractivity contribution in [2.24, 2.45) is 10.2 Å². The van der Waals surface area contributed by atoms with Crippen molar-refractivity contribution in [3.63, 3.8) is 0 Å². The molecule has 0 spiro atoms. The number of benzene rings is 3. The van der Waals surface area contributed by atoms with Crippen molar-refractivity contribution < 1.29 is 24.2 Å². The van der Waals surface area contributed by atoms with Gasteiger partial charge in [-0.2, -0.15) is 0 Å². The lowest BCUT2D eigenvalue weighted by molar-refractivity contribution is -0.393. The summed E-state index contributed by atoms with van der Waals surface area (Å²) in [5.74, 6) is -1.12. The normalized spacial score (nSPS) is 12.5. The number of nitrogens with zero attached hydrogens (tertiary/aromatic N) is 6. The van der Waals surface area contributed by atoms with Crippen LogP contribution in [0.3, 0.4) is 0 Å². The van der Waals surface area contributed by atoms with Gasteiger partial charge in [0.15, 0.2) is 5.69 Å². The fraction of sp³-hybridized carbons (Fsp3) is 0.192. The zero-order valence-corrected chi connectivity index (χ0v) is 23.3. The van der Waals surface area contributed by atoms with Crippen LogP contribution in [0.25, 0.3) is 0 Å². The van der Waals surface area contributed by atoms with Gasteiger partial charge in [0, 0.05) is 38.3 Å². The third-order valence-electron chi connectivity index (χ3n) is 6.20. The Morgan fingerprint density at radius 1 is 1.00 bits per heavy atom. The molecule has 3 amide bonds. The fourth-order valence-corrected chi connectivity index (χ4v) is 4.77. The molecule has 14 nitrogen and oxygen atoms in total. The van der Waals surface area contributed by atoms with Crippen LogP contribution < -0.4 is 10.2 Å². The number of imide groups is 1. The van der Waals surface area contributed by atoms with E-state index in [4.69, 9.17) is 0 Å². The molecule has 0 atom stereocenters. The van der Waals surface area contributed by atoms with Crippen LogP contribution in [0.4, 0.5) is 34.1 Å².